The molecule has 1 saturated heterocycles. The van der Waals surface area contributed by atoms with Crippen molar-refractivity contribution in [3.05, 3.63) is 29.8 Å². The molecule has 21 heavy (non-hydrogen) atoms. The smallest absolute Gasteiger partial charge is 0.416 e. The Morgan fingerprint density at radius 3 is 2.81 bits per heavy atom. The summed E-state index contributed by atoms with van der Waals surface area (Å²) in [7, 11) is 0. The van der Waals surface area contributed by atoms with Crippen molar-refractivity contribution >= 4 is 17.7 Å². The lowest BCUT2D eigenvalue weighted by Crippen LogP contribution is -2.33. The van der Waals surface area contributed by atoms with Crippen LogP contribution in [0, 0.1) is 0 Å². The maximum Gasteiger partial charge on any atom is 0.416 e. The molecule has 1 heterocycles. The second-order valence-corrected chi connectivity index (χ2v) is 4.60. The number of nitrogens with zero attached hydrogens (tertiary/aromatic N) is 1. The summed E-state index contributed by atoms with van der Waals surface area (Å²) in [4.78, 5) is 23.6. The minimum atomic E-state index is -4.48. The number of carbonyl (C=O) groups is 2. The molecule has 8 heteroatoms. The van der Waals surface area contributed by atoms with E-state index in [2.05, 4.69) is 5.32 Å². The molecule has 1 fully saturated rings. The van der Waals surface area contributed by atoms with Crippen molar-refractivity contribution in [1.82, 2.24) is 5.32 Å². The number of benzene rings is 1. The number of nitrogens with one attached hydrogen (secondary N) is 1. The van der Waals surface area contributed by atoms with E-state index in [4.69, 9.17) is 4.74 Å². The maximum absolute atomic E-state index is 12.7. The van der Waals surface area contributed by atoms with E-state index in [0.29, 0.717) is 0 Å². The predicted molar refractivity (Wildman–Crippen MR) is 67.7 cm³/mol. The molecule has 1 aliphatic heterocycles. The van der Waals surface area contributed by atoms with Gasteiger partial charge in [-0.2, -0.15) is 13.2 Å². The molecule has 0 aromatic heterocycles. The van der Waals surface area contributed by atoms with Crippen LogP contribution in [0.2, 0.25) is 0 Å². The van der Waals surface area contributed by atoms with Gasteiger partial charge in [0.05, 0.1) is 18.7 Å². The second-order valence-electron chi connectivity index (χ2n) is 4.60. The normalized spacial score (nSPS) is 18.6. The summed E-state index contributed by atoms with van der Waals surface area (Å²) in [5.74, 6) is -0.274. The average molecular weight is 302 g/mol. The molecule has 2 rings (SSSR count). The number of halogens is 3. The van der Waals surface area contributed by atoms with Crippen LogP contribution in [0.15, 0.2) is 24.3 Å². The highest BCUT2D eigenvalue weighted by molar-refractivity contribution is 5.90. The highest BCUT2D eigenvalue weighted by Gasteiger charge is 2.35. The zero-order chi connectivity index (χ0) is 15.6. The van der Waals surface area contributed by atoms with Gasteiger partial charge in [-0.05, 0) is 18.2 Å². The van der Waals surface area contributed by atoms with Gasteiger partial charge in [0, 0.05) is 12.6 Å². The van der Waals surface area contributed by atoms with Gasteiger partial charge >= 0.3 is 12.3 Å². The van der Waals surface area contributed by atoms with Crippen LogP contribution in [0.4, 0.5) is 23.7 Å². The van der Waals surface area contributed by atoms with Crippen LogP contribution in [0.5, 0.6) is 0 Å². The molecule has 114 valence electrons. The highest BCUT2D eigenvalue weighted by atomic mass is 19.4. The van der Waals surface area contributed by atoms with Crippen LogP contribution in [-0.2, 0) is 15.7 Å². The minimum Gasteiger partial charge on any atom is -0.442 e. The average Bonchev–Trinajstić information content (AvgIpc) is 2.77. The van der Waals surface area contributed by atoms with E-state index >= 15 is 0 Å². The van der Waals surface area contributed by atoms with E-state index in [1.54, 1.807) is 0 Å². The fourth-order valence-corrected chi connectivity index (χ4v) is 1.95. The Morgan fingerprint density at radius 2 is 2.19 bits per heavy atom. The van der Waals surface area contributed by atoms with Gasteiger partial charge in [0.25, 0.3) is 0 Å². The minimum absolute atomic E-state index is 0.0838. The Kier molecular flexibility index (Phi) is 4.06. The third-order valence-electron chi connectivity index (χ3n) is 2.94. The zero-order valence-electron chi connectivity index (χ0n) is 11.1. The van der Waals surface area contributed by atoms with E-state index in [1.807, 2.05) is 0 Å². The number of hydrogen-bond acceptors (Lipinski definition) is 3. The van der Waals surface area contributed by atoms with E-state index in [-0.39, 0.29) is 24.7 Å². The first kappa shape index (κ1) is 15.1. The molecule has 0 radical (unpaired) electrons. The number of rotatable bonds is 3. The van der Waals surface area contributed by atoms with Crippen molar-refractivity contribution in [2.24, 2.45) is 0 Å². The SMILES string of the molecule is CC(=O)NCC1CN(c2cccc(C(F)(F)F)c2)C(=O)O1. The van der Waals surface area contributed by atoms with Crippen LogP contribution in [-0.4, -0.2) is 31.2 Å². The molecule has 0 bridgehead atoms. The van der Waals surface area contributed by atoms with Gasteiger partial charge in [0.2, 0.25) is 5.91 Å². The quantitative estimate of drug-likeness (QED) is 0.931. The first-order valence-corrected chi connectivity index (χ1v) is 6.17. The molecule has 0 saturated carbocycles. The van der Waals surface area contributed by atoms with Crippen molar-refractivity contribution in [3.8, 4) is 0 Å². The molecule has 1 atom stereocenters. The van der Waals surface area contributed by atoms with Crippen LogP contribution in [0.1, 0.15) is 12.5 Å². The molecule has 2 amide bonds. The van der Waals surface area contributed by atoms with Crippen LogP contribution < -0.4 is 10.2 Å². The number of alkyl halides is 3. The van der Waals surface area contributed by atoms with Gasteiger partial charge < -0.3 is 10.1 Å². The van der Waals surface area contributed by atoms with E-state index < -0.39 is 23.9 Å². The third kappa shape index (κ3) is 3.65. The van der Waals surface area contributed by atoms with Crippen LogP contribution >= 0.6 is 0 Å². The lowest BCUT2D eigenvalue weighted by molar-refractivity contribution is -0.137. The van der Waals surface area contributed by atoms with Gasteiger partial charge in [0.15, 0.2) is 0 Å². The Bertz CT molecular complexity index is 560. The van der Waals surface area contributed by atoms with E-state index in [1.165, 1.54) is 19.1 Å². The number of hydrogen-bond donors (Lipinski definition) is 1. The monoisotopic (exact) mass is 302 g/mol. The fourth-order valence-electron chi connectivity index (χ4n) is 1.95. The second kappa shape index (κ2) is 5.63. The number of carbonyl (C=O) groups excluding carboxylic acids is 2. The lowest BCUT2D eigenvalue weighted by atomic mass is 10.2. The molecule has 5 nitrogen and oxygen atoms in total. The van der Waals surface area contributed by atoms with Crippen molar-refractivity contribution in [2.75, 3.05) is 18.0 Å². The zero-order valence-corrected chi connectivity index (χ0v) is 11.1. The summed E-state index contributed by atoms with van der Waals surface area (Å²) in [5.41, 5.74) is -0.724. The first-order chi connectivity index (χ1) is 9.77. The standard InChI is InChI=1S/C13H13F3N2O3/c1-8(19)17-6-11-7-18(12(20)21-11)10-4-2-3-9(5-10)13(14,15)16/h2-5,11H,6-7H2,1H3,(H,17,19). The molecular formula is C13H13F3N2O3. The van der Waals surface area contributed by atoms with Gasteiger partial charge in [-0.3, -0.25) is 9.69 Å². The Balaban J connectivity index is 2.12. The molecular weight excluding hydrogens is 289 g/mol. The highest BCUT2D eigenvalue weighted by Crippen LogP contribution is 2.32. The molecule has 0 spiro atoms. The van der Waals surface area contributed by atoms with Crippen molar-refractivity contribution < 1.29 is 27.5 Å². The first-order valence-electron chi connectivity index (χ1n) is 6.17. The topological polar surface area (TPSA) is 58.6 Å². The number of amides is 2. The predicted octanol–water partition coefficient (Wildman–Crippen LogP) is 2.17. The Hall–Kier alpha value is -2.25. The van der Waals surface area contributed by atoms with Gasteiger partial charge in [0.1, 0.15) is 6.10 Å². The molecule has 1 aromatic carbocycles. The summed E-state index contributed by atoms with van der Waals surface area (Å²) in [6.45, 7) is 1.53. The summed E-state index contributed by atoms with van der Waals surface area (Å²) in [6.07, 6.45) is -5.80. The van der Waals surface area contributed by atoms with Crippen LogP contribution in [0.3, 0.4) is 0 Å². The van der Waals surface area contributed by atoms with Crippen molar-refractivity contribution in [1.29, 1.82) is 0 Å². The summed E-state index contributed by atoms with van der Waals surface area (Å²) < 4.78 is 43.0. The largest absolute Gasteiger partial charge is 0.442 e. The fraction of sp³-hybridized carbons (Fsp3) is 0.385. The van der Waals surface area contributed by atoms with Crippen molar-refractivity contribution in [3.63, 3.8) is 0 Å². The Morgan fingerprint density at radius 1 is 1.48 bits per heavy atom. The summed E-state index contributed by atoms with van der Waals surface area (Å²) in [6, 6.07) is 4.45. The van der Waals surface area contributed by atoms with E-state index in [0.717, 1.165) is 17.0 Å². The van der Waals surface area contributed by atoms with E-state index in [9.17, 15) is 22.8 Å². The van der Waals surface area contributed by atoms with Crippen LogP contribution in [0.25, 0.3) is 0 Å². The molecule has 1 aromatic rings. The van der Waals surface area contributed by atoms with Gasteiger partial charge in [-0.25, -0.2) is 4.79 Å². The Labute approximate surface area is 118 Å². The molecule has 0 aliphatic carbocycles. The summed E-state index contributed by atoms with van der Waals surface area (Å²) >= 11 is 0. The lowest BCUT2D eigenvalue weighted by Gasteiger charge is -2.15. The summed E-state index contributed by atoms with van der Waals surface area (Å²) in [5, 5.41) is 2.49. The van der Waals surface area contributed by atoms with Gasteiger partial charge in [-0.1, -0.05) is 6.07 Å². The molecule has 1 unspecified atom stereocenters. The van der Waals surface area contributed by atoms with Gasteiger partial charge in [-0.15, -0.1) is 0 Å². The number of cyclic esters (lactones) is 1. The van der Waals surface area contributed by atoms with Crippen molar-refractivity contribution in [2.45, 2.75) is 19.2 Å². The molecule has 1 N–H and O–H groups in total. The maximum atomic E-state index is 12.7. The number of ether oxygens (including phenoxy) is 1. The molecule has 1 aliphatic rings. The number of anilines is 1. The third-order valence-corrected chi connectivity index (χ3v) is 2.94.